The zero-order valence-corrected chi connectivity index (χ0v) is 12.8. The first-order valence-corrected chi connectivity index (χ1v) is 7.74. The Balaban J connectivity index is 1.58. The van der Waals surface area contributed by atoms with Gasteiger partial charge in [-0.25, -0.2) is 0 Å². The highest BCUT2D eigenvalue weighted by atomic mass is 16.5. The van der Waals surface area contributed by atoms with Gasteiger partial charge in [0.2, 0.25) is 0 Å². The topological polar surface area (TPSA) is 76.5 Å². The van der Waals surface area contributed by atoms with Gasteiger partial charge in [-0.2, -0.15) is 0 Å². The van der Waals surface area contributed by atoms with Crippen molar-refractivity contribution >= 4 is 11.6 Å². The predicted molar refractivity (Wildman–Crippen MR) is 82.1 cm³/mol. The number of fused-ring (bicyclic) bond motifs is 1. The summed E-state index contributed by atoms with van der Waals surface area (Å²) in [4.78, 5) is 14.4. The third-order valence-electron chi connectivity index (χ3n) is 4.26. The van der Waals surface area contributed by atoms with Crippen LogP contribution in [0, 0.1) is 6.92 Å². The van der Waals surface area contributed by atoms with Gasteiger partial charge in [-0.1, -0.05) is 11.2 Å². The molecule has 0 saturated carbocycles. The van der Waals surface area contributed by atoms with Gasteiger partial charge in [-0.05, 0) is 31.9 Å². The number of rotatable bonds is 2. The van der Waals surface area contributed by atoms with E-state index < -0.39 is 0 Å². The van der Waals surface area contributed by atoms with Crippen molar-refractivity contribution in [2.75, 3.05) is 13.1 Å². The molecule has 0 spiro atoms. The summed E-state index contributed by atoms with van der Waals surface area (Å²) in [6.07, 6.45) is 3.90. The van der Waals surface area contributed by atoms with Gasteiger partial charge in [0.05, 0.1) is 0 Å². The van der Waals surface area contributed by atoms with E-state index in [9.17, 15) is 4.79 Å². The van der Waals surface area contributed by atoms with E-state index in [1.165, 1.54) is 0 Å². The number of pyridine rings is 1. The number of likely N-dealkylation sites (tertiary alicyclic amines) is 1. The van der Waals surface area contributed by atoms with E-state index in [4.69, 9.17) is 4.52 Å². The molecule has 0 radical (unpaired) electrons. The summed E-state index contributed by atoms with van der Waals surface area (Å²) in [7, 11) is 0. The average Bonchev–Trinajstić information content (AvgIpc) is 3.20. The second-order valence-corrected chi connectivity index (χ2v) is 5.90. The maximum Gasteiger partial charge on any atom is 0.276 e. The van der Waals surface area contributed by atoms with Crippen molar-refractivity contribution < 1.29 is 9.32 Å². The SMILES string of the molecule is Cc1cc(C(=O)N2CCCC(c3nnc4ccccn34)C2)no1. The summed E-state index contributed by atoms with van der Waals surface area (Å²) in [5.41, 5.74) is 1.20. The van der Waals surface area contributed by atoms with Gasteiger partial charge in [-0.15, -0.1) is 10.2 Å². The van der Waals surface area contributed by atoms with Crippen LogP contribution >= 0.6 is 0 Å². The van der Waals surface area contributed by atoms with Gasteiger partial charge in [-0.3, -0.25) is 9.20 Å². The van der Waals surface area contributed by atoms with Gasteiger partial charge < -0.3 is 9.42 Å². The first-order valence-electron chi connectivity index (χ1n) is 7.74. The minimum Gasteiger partial charge on any atom is -0.361 e. The molecule has 1 fully saturated rings. The lowest BCUT2D eigenvalue weighted by molar-refractivity contribution is 0.0693. The van der Waals surface area contributed by atoms with E-state index in [2.05, 4.69) is 15.4 Å². The Bertz CT molecular complexity index is 853. The van der Waals surface area contributed by atoms with E-state index in [1.54, 1.807) is 13.0 Å². The largest absolute Gasteiger partial charge is 0.361 e. The summed E-state index contributed by atoms with van der Waals surface area (Å²) < 4.78 is 7.01. The molecule has 3 aromatic rings. The molecule has 1 aliphatic rings. The third kappa shape index (κ3) is 2.48. The molecule has 3 aromatic heterocycles. The average molecular weight is 311 g/mol. The van der Waals surface area contributed by atoms with Crippen LogP contribution in [0.4, 0.5) is 0 Å². The second-order valence-electron chi connectivity index (χ2n) is 5.90. The molecule has 0 aromatic carbocycles. The van der Waals surface area contributed by atoms with Crippen LogP contribution in [0.5, 0.6) is 0 Å². The molecule has 1 atom stereocenters. The number of aromatic nitrogens is 4. The molecule has 0 bridgehead atoms. The van der Waals surface area contributed by atoms with Crippen LogP contribution in [0.1, 0.15) is 40.8 Å². The van der Waals surface area contributed by atoms with E-state index in [1.807, 2.05) is 33.7 Å². The van der Waals surface area contributed by atoms with Crippen molar-refractivity contribution in [3.63, 3.8) is 0 Å². The normalized spacial score (nSPS) is 18.5. The number of nitrogens with zero attached hydrogens (tertiary/aromatic N) is 5. The molecular formula is C16H17N5O2. The van der Waals surface area contributed by atoms with E-state index in [-0.39, 0.29) is 11.8 Å². The van der Waals surface area contributed by atoms with Crippen molar-refractivity contribution in [3.8, 4) is 0 Å². The number of hydrogen-bond acceptors (Lipinski definition) is 5. The Hall–Kier alpha value is -2.70. The quantitative estimate of drug-likeness (QED) is 0.724. The zero-order valence-electron chi connectivity index (χ0n) is 12.8. The number of hydrogen-bond donors (Lipinski definition) is 0. The molecule has 23 heavy (non-hydrogen) atoms. The summed E-state index contributed by atoms with van der Waals surface area (Å²) in [6, 6.07) is 7.51. The third-order valence-corrected chi connectivity index (χ3v) is 4.26. The van der Waals surface area contributed by atoms with E-state index >= 15 is 0 Å². The van der Waals surface area contributed by atoms with Crippen LogP contribution in [-0.4, -0.2) is 43.7 Å². The van der Waals surface area contributed by atoms with Crippen molar-refractivity contribution in [1.29, 1.82) is 0 Å². The molecule has 1 amide bonds. The molecule has 118 valence electrons. The molecular weight excluding hydrogens is 294 g/mol. The highest BCUT2D eigenvalue weighted by Crippen LogP contribution is 2.26. The summed E-state index contributed by atoms with van der Waals surface area (Å²) >= 11 is 0. The monoisotopic (exact) mass is 311 g/mol. The van der Waals surface area contributed by atoms with Crippen LogP contribution in [0.3, 0.4) is 0 Å². The van der Waals surface area contributed by atoms with Gasteiger partial charge >= 0.3 is 0 Å². The maximum atomic E-state index is 12.6. The standard InChI is InChI=1S/C16H17N5O2/c1-11-9-13(19-23-11)16(22)20-7-4-5-12(10-20)15-18-17-14-6-2-3-8-21(14)15/h2-3,6,8-9,12H,4-5,7,10H2,1H3. The van der Waals surface area contributed by atoms with Crippen LogP contribution in [0.25, 0.3) is 5.65 Å². The molecule has 7 heteroatoms. The van der Waals surface area contributed by atoms with Gasteiger partial charge in [0, 0.05) is 31.3 Å². The fourth-order valence-corrected chi connectivity index (χ4v) is 3.14. The number of amides is 1. The molecule has 0 N–H and O–H groups in total. The zero-order chi connectivity index (χ0) is 15.8. The Morgan fingerprint density at radius 2 is 2.26 bits per heavy atom. The molecule has 4 heterocycles. The first kappa shape index (κ1) is 13.9. The van der Waals surface area contributed by atoms with Crippen LogP contribution in [0.2, 0.25) is 0 Å². The lowest BCUT2D eigenvalue weighted by Crippen LogP contribution is -2.39. The van der Waals surface area contributed by atoms with Gasteiger partial charge in [0.25, 0.3) is 5.91 Å². The summed E-state index contributed by atoms with van der Waals surface area (Å²) in [6.45, 7) is 3.14. The van der Waals surface area contributed by atoms with Crippen molar-refractivity contribution in [3.05, 3.63) is 47.7 Å². The fraction of sp³-hybridized carbons (Fsp3) is 0.375. The Morgan fingerprint density at radius 1 is 1.35 bits per heavy atom. The molecule has 1 saturated heterocycles. The van der Waals surface area contributed by atoms with E-state index in [0.29, 0.717) is 18.0 Å². The van der Waals surface area contributed by atoms with Gasteiger partial charge in [0.1, 0.15) is 11.6 Å². The van der Waals surface area contributed by atoms with Crippen LogP contribution < -0.4 is 0 Å². The first-order chi connectivity index (χ1) is 11.2. The van der Waals surface area contributed by atoms with Crippen molar-refractivity contribution in [2.24, 2.45) is 0 Å². The fourth-order valence-electron chi connectivity index (χ4n) is 3.14. The van der Waals surface area contributed by atoms with Crippen molar-refractivity contribution in [2.45, 2.75) is 25.7 Å². The molecule has 1 unspecified atom stereocenters. The molecule has 1 aliphatic heterocycles. The second kappa shape index (κ2) is 5.49. The Morgan fingerprint density at radius 3 is 3.09 bits per heavy atom. The van der Waals surface area contributed by atoms with Crippen LogP contribution in [-0.2, 0) is 0 Å². The number of carbonyl (C=O) groups is 1. The maximum absolute atomic E-state index is 12.6. The molecule has 4 rings (SSSR count). The summed E-state index contributed by atoms with van der Waals surface area (Å²) in [5, 5.41) is 12.4. The lowest BCUT2D eigenvalue weighted by atomic mass is 9.97. The highest BCUT2D eigenvalue weighted by molar-refractivity contribution is 5.92. The Kier molecular flexibility index (Phi) is 3.33. The Labute approximate surface area is 132 Å². The number of carbonyl (C=O) groups excluding carboxylic acids is 1. The van der Waals surface area contributed by atoms with Crippen molar-refractivity contribution in [1.82, 2.24) is 24.7 Å². The molecule has 0 aliphatic carbocycles. The number of aryl methyl sites for hydroxylation is 1. The lowest BCUT2D eigenvalue weighted by Gasteiger charge is -2.31. The smallest absolute Gasteiger partial charge is 0.276 e. The highest BCUT2D eigenvalue weighted by Gasteiger charge is 2.29. The predicted octanol–water partition coefficient (Wildman–Crippen LogP) is 2.05. The molecule has 7 nitrogen and oxygen atoms in total. The minimum atomic E-state index is -0.0830. The number of piperidine rings is 1. The van der Waals surface area contributed by atoms with E-state index in [0.717, 1.165) is 30.9 Å². The minimum absolute atomic E-state index is 0.0830. The van der Waals surface area contributed by atoms with Gasteiger partial charge in [0.15, 0.2) is 11.3 Å². The van der Waals surface area contributed by atoms with Crippen LogP contribution in [0.15, 0.2) is 35.0 Å². The summed E-state index contributed by atoms with van der Waals surface area (Å²) in [5.74, 6) is 1.65.